The van der Waals surface area contributed by atoms with E-state index in [4.69, 9.17) is 9.90 Å². The second-order valence-electron chi connectivity index (χ2n) is 0.785. The molecule has 0 aliphatic heterocycles. The Morgan fingerprint density at radius 3 is 1.50 bits per heavy atom. The van der Waals surface area contributed by atoms with Crippen LogP contribution in [0.5, 0.6) is 0 Å². The summed E-state index contributed by atoms with van der Waals surface area (Å²) in [5.74, 6) is -3.01. The number of carboxylic acids is 1. The topological polar surface area (TPSA) is 40.1 Å². The third-order valence-electron chi connectivity index (χ3n) is 0.231. The van der Waals surface area contributed by atoms with E-state index in [1.54, 1.807) is 0 Å². The average molecular weight is 216 g/mol. The fourth-order valence-corrected chi connectivity index (χ4v) is 0. The van der Waals surface area contributed by atoms with E-state index in [0.29, 0.717) is 0 Å². The Bertz CT molecular complexity index is 87.8. The van der Waals surface area contributed by atoms with Gasteiger partial charge >= 0.3 is 6.18 Å². The molecule has 0 spiro atoms. The zero-order chi connectivity index (χ0) is 6.08. The standard InChI is InChI=1S/C2HF3O2.Rh/c3-2(4,5)1(6)7;/h(H,6,7);/p-1. The van der Waals surface area contributed by atoms with Crippen LogP contribution in [-0.4, -0.2) is 12.1 Å². The van der Waals surface area contributed by atoms with Gasteiger partial charge in [0.25, 0.3) is 0 Å². The number of carboxylic acid groups (broad SMARTS) is 1. The largest absolute Gasteiger partial charge is 0.542 e. The molecule has 0 fully saturated rings. The van der Waals surface area contributed by atoms with Crippen molar-refractivity contribution >= 4 is 5.97 Å². The first-order chi connectivity index (χ1) is 2.94. The van der Waals surface area contributed by atoms with E-state index >= 15 is 0 Å². The molecule has 1 radical (unpaired) electrons. The van der Waals surface area contributed by atoms with Gasteiger partial charge in [-0.3, -0.25) is 0 Å². The van der Waals surface area contributed by atoms with E-state index in [1.807, 2.05) is 0 Å². The van der Waals surface area contributed by atoms with Gasteiger partial charge in [0.15, 0.2) is 0 Å². The van der Waals surface area contributed by atoms with Crippen molar-refractivity contribution < 1.29 is 42.6 Å². The summed E-state index contributed by atoms with van der Waals surface area (Å²) in [6, 6.07) is 0. The fraction of sp³-hybridized carbons (Fsp3) is 0.500. The summed E-state index contributed by atoms with van der Waals surface area (Å²) in [7, 11) is 0. The van der Waals surface area contributed by atoms with Crippen molar-refractivity contribution in [1.29, 1.82) is 0 Å². The molecule has 0 saturated heterocycles. The third kappa shape index (κ3) is 4.05. The number of hydrogen-bond donors (Lipinski definition) is 0. The van der Waals surface area contributed by atoms with Crippen LogP contribution in [0, 0.1) is 0 Å². The molecule has 2 nitrogen and oxygen atoms in total. The maximum absolute atomic E-state index is 10.5. The Morgan fingerprint density at radius 2 is 1.50 bits per heavy atom. The summed E-state index contributed by atoms with van der Waals surface area (Å²) in [6.45, 7) is 0. The summed E-state index contributed by atoms with van der Waals surface area (Å²) in [5.41, 5.74) is 0. The molecule has 6 heteroatoms. The molecule has 0 aromatic carbocycles. The number of alkyl halides is 3. The van der Waals surface area contributed by atoms with Crippen molar-refractivity contribution in [3.63, 3.8) is 0 Å². The second-order valence-corrected chi connectivity index (χ2v) is 0.785. The molecule has 0 aromatic rings. The number of aliphatic carboxylic acids is 1. The predicted octanol–water partition coefficient (Wildman–Crippen LogP) is -0.704. The minimum absolute atomic E-state index is 0. The van der Waals surface area contributed by atoms with Crippen LogP contribution in [0.15, 0.2) is 0 Å². The smallest absolute Gasteiger partial charge is 0.430 e. The Balaban J connectivity index is 0. The van der Waals surface area contributed by atoms with E-state index in [-0.39, 0.29) is 19.5 Å². The van der Waals surface area contributed by atoms with Gasteiger partial charge in [0.1, 0.15) is 5.97 Å². The van der Waals surface area contributed by atoms with Crippen molar-refractivity contribution in [2.45, 2.75) is 6.18 Å². The van der Waals surface area contributed by atoms with Crippen molar-refractivity contribution in [2.24, 2.45) is 0 Å². The van der Waals surface area contributed by atoms with Crippen LogP contribution < -0.4 is 5.11 Å². The molecule has 0 atom stereocenters. The normalized spacial score (nSPS) is 9.88. The quantitative estimate of drug-likeness (QED) is 0.502. The van der Waals surface area contributed by atoms with Crippen molar-refractivity contribution in [1.82, 2.24) is 0 Å². The molecule has 0 unspecified atom stereocenters. The monoisotopic (exact) mass is 216 g/mol. The number of halogens is 3. The van der Waals surface area contributed by atoms with Crippen LogP contribution in [0.3, 0.4) is 0 Å². The molecule has 0 amide bonds. The van der Waals surface area contributed by atoms with Gasteiger partial charge < -0.3 is 9.90 Å². The first-order valence-electron chi connectivity index (χ1n) is 1.23. The fourth-order valence-electron chi connectivity index (χ4n) is 0. The molecule has 51 valence electrons. The number of carbonyl (C=O) groups is 1. The van der Waals surface area contributed by atoms with Crippen LogP contribution in [0.2, 0.25) is 0 Å². The maximum atomic E-state index is 10.5. The van der Waals surface area contributed by atoms with Gasteiger partial charge in [-0.2, -0.15) is 13.2 Å². The molecular formula is C2F3O2Rh-. The van der Waals surface area contributed by atoms with Gasteiger partial charge in [0.2, 0.25) is 0 Å². The van der Waals surface area contributed by atoms with Gasteiger partial charge in [-0.25, -0.2) is 0 Å². The molecule has 8 heavy (non-hydrogen) atoms. The number of carbonyl (C=O) groups excluding carboxylic acids is 1. The summed E-state index contributed by atoms with van der Waals surface area (Å²) < 4.78 is 31.5. The Morgan fingerprint density at radius 1 is 1.38 bits per heavy atom. The molecule has 0 aliphatic rings. The molecule has 0 aromatic heterocycles. The van der Waals surface area contributed by atoms with Crippen LogP contribution in [0.1, 0.15) is 0 Å². The van der Waals surface area contributed by atoms with Crippen molar-refractivity contribution in [2.75, 3.05) is 0 Å². The molecular weight excluding hydrogens is 216 g/mol. The predicted molar refractivity (Wildman–Crippen MR) is 11.1 cm³/mol. The van der Waals surface area contributed by atoms with Crippen LogP contribution in [-0.2, 0) is 24.3 Å². The Labute approximate surface area is 55.4 Å². The summed E-state index contributed by atoms with van der Waals surface area (Å²) in [6.07, 6.45) is -5.19. The van der Waals surface area contributed by atoms with E-state index < -0.39 is 12.1 Å². The van der Waals surface area contributed by atoms with Gasteiger partial charge in [-0.05, 0) is 0 Å². The zero-order valence-electron chi connectivity index (χ0n) is 3.28. The average Bonchev–Trinajstić information content (AvgIpc) is 1.31. The molecule has 0 bridgehead atoms. The van der Waals surface area contributed by atoms with E-state index in [0.717, 1.165) is 0 Å². The Kier molecular flexibility index (Phi) is 4.07. The second kappa shape index (κ2) is 3.02. The first-order valence-corrected chi connectivity index (χ1v) is 1.23. The molecule has 0 saturated carbocycles. The Hall–Kier alpha value is -0.117. The zero-order valence-corrected chi connectivity index (χ0v) is 4.92. The number of rotatable bonds is 0. The summed E-state index contributed by atoms with van der Waals surface area (Å²) in [4.78, 5) is 8.78. The number of hydrogen-bond acceptors (Lipinski definition) is 2. The first kappa shape index (κ1) is 10.8. The molecule has 0 heterocycles. The van der Waals surface area contributed by atoms with Gasteiger partial charge in [-0.15, -0.1) is 0 Å². The summed E-state index contributed by atoms with van der Waals surface area (Å²) >= 11 is 0. The maximum Gasteiger partial charge on any atom is 0.430 e. The third-order valence-corrected chi connectivity index (χ3v) is 0.231. The van der Waals surface area contributed by atoms with Crippen molar-refractivity contribution in [3.8, 4) is 0 Å². The van der Waals surface area contributed by atoms with Crippen LogP contribution in [0.4, 0.5) is 13.2 Å². The van der Waals surface area contributed by atoms with Crippen LogP contribution in [0.25, 0.3) is 0 Å². The molecule has 0 aliphatic carbocycles. The SMILES string of the molecule is O=C([O-])C(F)(F)F.[Rh]. The van der Waals surface area contributed by atoms with Gasteiger partial charge in [-0.1, -0.05) is 0 Å². The molecule has 0 rings (SSSR count). The van der Waals surface area contributed by atoms with Crippen molar-refractivity contribution in [3.05, 3.63) is 0 Å². The summed E-state index contributed by atoms with van der Waals surface area (Å²) in [5, 5.41) is 8.78. The molecule has 0 N–H and O–H groups in total. The minimum atomic E-state index is -5.19. The van der Waals surface area contributed by atoms with Gasteiger partial charge in [0.05, 0.1) is 0 Å². The van der Waals surface area contributed by atoms with E-state index in [1.165, 1.54) is 0 Å². The van der Waals surface area contributed by atoms with Gasteiger partial charge in [0, 0.05) is 19.5 Å². The van der Waals surface area contributed by atoms with E-state index in [9.17, 15) is 13.2 Å². The minimum Gasteiger partial charge on any atom is -0.542 e. The van der Waals surface area contributed by atoms with Crippen LogP contribution >= 0.6 is 0 Å². The van der Waals surface area contributed by atoms with E-state index in [2.05, 4.69) is 0 Å².